The Labute approximate surface area is 125 Å². The summed E-state index contributed by atoms with van der Waals surface area (Å²) in [5, 5.41) is 6.51. The minimum absolute atomic E-state index is 0.438. The number of aryl methyl sites for hydroxylation is 2. The molecule has 0 saturated heterocycles. The number of aromatic nitrogens is 2. The standard InChI is InChI=1S/C15H23N5O/c1-4-16-15(17-7-10-20-8-5-6-9-20)18-11-14-19-12(2)13(3)21-14/h5-6,8-9H,4,7,10-11H2,1-3H3,(H2,16,17,18). The number of oxazole rings is 1. The fourth-order valence-electron chi connectivity index (χ4n) is 1.92. The molecule has 0 aliphatic heterocycles. The van der Waals surface area contributed by atoms with Crippen molar-refractivity contribution in [3.05, 3.63) is 41.9 Å². The fraction of sp³-hybridized carbons (Fsp3) is 0.467. The van der Waals surface area contributed by atoms with Crippen molar-refractivity contribution < 1.29 is 4.42 Å². The van der Waals surface area contributed by atoms with E-state index in [1.165, 1.54) is 0 Å². The van der Waals surface area contributed by atoms with Gasteiger partial charge in [-0.2, -0.15) is 0 Å². The van der Waals surface area contributed by atoms with Gasteiger partial charge in [-0.1, -0.05) is 0 Å². The van der Waals surface area contributed by atoms with E-state index in [0.717, 1.165) is 37.0 Å². The zero-order valence-corrected chi connectivity index (χ0v) is 12.9. The van der Waals surface area contributed by atoms with Crippen LogP contribution in [-0.2, 0) is 13.1 Å². The van der Waals surface area contributed by atoms with Crippen molar-refractivity contribution in [2.45, 2.75) is 33.9 Å². The van der Waals surface area contributed by atoms with E-state index in [1.807, 2.05) is 45.3 Å². The van der Waals surface area contributed by atoms with E-state index >= 15 is 0 Å². The second-order valence-electron chi connectivity index (χ2n) is 4.79. The molecule has 0 aromatic carbocycles. The first kappa shape index (κ1) is 15.2. The monoisotopic (exact) mass is 289 g/mol. The van der Waals surface area contributed by atoms with E-state index in [4.69, 9.17) is 4.42 Å². The molecule has 0 aliphatic rings. The highest BCUT2D eigenvalue weighted by Crippen LogP contribution is 2.08. The number of rotatable bonds is 6. The summed E-state index contributed by atoms with van der Waals surface area (Å²) in [5.74, 6) is 2.27. The largest absolute Gasteiger partial charge is 0.444 e. The summed E-state index contributed by atoms with van der Waals surface area (Å²) in [6.07, 6.45) is 4.09. The van der Waals surface area contributed by atoms with E-state index in [-0.39, 0.29) is 0 Å². The minimum Gasteiger partial charge on any atom is -0.444 e. The number of aliphatic imine (C=N–C) groups is 1. The lowest BCUT2D eigenvalue weighted by Gasteiger charge is -2.11. The van der Waals surface area contributed by atoms with E-state index in [1.54, 1.807) is 0 Å². The van der Waals surface area contributed by atoms with Gasteiger partial charge in [0.1, 0.15) is 12.3 Å². The molecule has 2 heterocycles. The molecule has 114 valence electrons. The van der Waals surface area contributed by atoms with Gasteiger partial charge >= 0.3 is 0 Å². The van der Waals surface area contributed by atoms with Crippen molar-refractivity contribution in [2.75, 3.05) is 13.1 Å². The van der Waals surface area contributed by atoms with Crippen LogP contribution in [-0.4, -0.2) is 28.6 Å². The Kier molecular flexibility index (Phi) is 5.43. The van der Waals surface area contributed by atoms with Crippen molar-refractivity contribution in [1.29, 1.82) is 0 Å². The number of nitrogens with zero attached hydrogens (tertiary/aromatic N) is 3. The van der Waals surface area contributed by atoms with Crippen LogP contribution in [0.25, 0.3) is 0 Å². The topological polar surface area (TPSA) is 67.4 Å². The molecule has 0 spiro atoms. The summed E-state index contributed by atoms with van der Waals surface area (Å²) >= 11 is 0. The van der Waals surface area contributed by atoms with Crippen LogP contribution in [0.5, 0.6) is 0 Å². The molecule has 0 atom stereocenters. The number of hydrogen-bond donors (Lipinski definition) is 2. The van der Waals surface area contributed by atoms with Gasteiger partial charge in [-0.25, -0.2) is 9.98 Å². The van der Waals surface area contributed by atoms with Gasteiger partial charge < -0.3 is 19.6 Å². The van der Waals surface area contributed by atoms with Crippen LogP contribution in [0.4, 0.5) is 0 Å². The molecule has 21 heavy (non-hydrogen) atoms. The van der Waals surface area contributed by atoms with Crippen LogP contribution in [0.1, 0.15) is 24.3 Å². The first-order valence-corrected chi connectivity index (χ1v) is 7.25. The highest BCUT2D eigenvalue weighted by atomic mass is 16.4. The third-order valence-corrected chi connectivity index (χ3v) is 3.12. The fourth-order valence-corrected chi connectivity index (χ4v) is 1.92. The van der Waals surface area contributed by atoms with E-state index in [0.29, 0.717) is 12.4 Å². The van der Waals surface area contributed by atoms with Gasteiger partial charge in [-0.15, -0.1) is 0 Å². The van der Waals surface area contributed by atoms with Crippen molar-refractivity contribution in [3.63, 3.8) is 0 Å². The van der Waals surface area contributed by atoms with Gasteiger partial charge in [-0.3, -0.25) is 0 Å². The maximum atomic E-state index is 5.53. The lowest BCUT2D eigenvalue weighted by Crippen LogP contribution is -2.38. The van der Waals surface area contributed by atoms with Gasteiger partial charge in [0.2, 0.25) is 5.89 Å². The molecule has 2 aromatic heterocycles. The van der Waals surface area contributed by atoms with Gasteiger partial charge in [0.05, 0.1) is 5.69 Å². The smallest absolute Gasteiger partial charge is 0.216 e. The number of guanidine groups is 1. The van der Waals surface area contributed by atoms with Crippen molar-refractivity contribution >= 4 is 5.96 Å². The van der Waals surface area contributed by atoms with E-state index in [9.17, 15) is 0 Å². The first-order chi connectivity index (χ1) is 10.2. The zero-order chi connectivity index (χ0) is 15.1. The molecule has 0 fully saturated rings. The first-order valence-electron chi connectivity index (χ1n) is 7.25. The van der Waals surface area contributed by atoms with Crippen LogP contribution in [0, 0.1) is 13.8 Å². The van der Waals surface area contributed by atoms with Gasteiger partial charge in [0, 0.05) is 32.0 Å². The second-order valence-corrected chi connectivity index (χ2v) is 4.79. The molecular weight excluding hydrogens is 266 g/mol. The average molecular weight is 289 g/mol. The van der Waals surface area contributed by atoms with Crippen LogP contribution in [0.3, 0.4) is 0 Å². The highest BCUT2D eigenvalue weighted by Gasteiger charge is 2.05. The van der Waals surface area contributed by atoms with Crippen LogP contribution in [0.2, 0.25) is 0 Å². The molecule has 0 amide bonds. The third kappa shape index (κ3) is 4.66. The van der Waals surface area contributed by atoms with Gasteiger partial charge in [0.15, 0.2) is 5.96 Å². The predicted octanol–water partition coefficient (Wildman–Crippen LogP) is 1.85. The molecule has 6 nitrogen and oxygen atoms in total. The zero-order valence-electron chi connectivity index (χ0n) is 12.9. The van der Waals surface area contributed by atoms with Crippen molar-refractivity contribution in [2.24, 2.45) is 4.99 Å². The second kappa shape index (κ2) is 7.52. The Bertz CT molecular complexity index is 551. The summed E-state index contributed by atoms with van der Waals surface area (Å²) < 4.78 is 7.65. The maximum Gasteiger partial charge on any atom is 0.216 e. The summed E-state index contributed by atoms with van der Waals surface area (Å²) in [6, 6.07) is 4.04. The maximum absolute atomic E-state index is 5.53. The number of nitrogens with one attached hydrogen (secondary N) is 2. The Morgan fingerprint density at radius 2 is 2.05 bits per heavy atom. The molecule has 0 radical (unpaired) electrons. The minimum atomic E-state index is 0.438. The Hall–Kier alpha value is -2.24. The summed E-state index contributed by atoms with van der Waals surface area (Å²) in [4.78, 5) is 8.82. The Balaban J connectivity index is 1.86. The molecule has 0 saturated carbocycles. The molecular formula is C15H23N5O. The van der Waals surface area contributed by atoms with E-state index < -0.39 is 0 Å². The lowest BCUT2D eigenvalue weighted by molar-refractivity contribution is 0.472. The Morgan fingerprint density at radius 3 is 2.67 bits per heavy atom. The highest BCUT2D eigenvalue weighted by molar-refractivity contribution is 5.79. The van der Waals surface area contributed by atoms with Gasteiger partial charge in [0.25, 0.3) is 0 Å². The average Bonchev–Trinajstić information content (AvgIpc) is 3.07. The van der Waals surface area contributed by atoms with E-state index in [2.05, 4.69) is 25.2 Å². The SMILES string of the molecule is CCNC(=NCc1nc(C)c(C)o1)NCCn1cccc1. The normalized spacial score (nSPS) is 11.7. The number of hydrogen-bond acceptors (Lipinski definition) is 3. The molecule has 0 unspecified atom stereocenters. The molecule has 2 rings (SSSR count). The quantitative estimate of drug-likeness (QED) is 0.629. The lowest BCUT2D eigenvalue weighted by atomic mass is 10.4. The molecule has 2 aromatic rings. The summed E-state index contributed by atoms with van der Waals surface area (Å²) in [5.41, 5.74) is 0.922. The van der Waals surface area contributed by atoms with Crippen LogP contribution < -0.4 is 10.6 Å². The van der Waals surface area contributed by atoms with Crippen LogP contribution >= 0.6 is 0 Å². The summed E-state index contributed by atoms with van der Waals surface area (Å²) in [7, 11) is 0. The molecule has 0 bridgehead atoms. The van der Waals surface area contributed by atoms with Gasteiger partial charge in [-0.05, 0) is 32.9 Å². The molecule has 0 aliphatic carbocycles. The predicted molar refractivity (Wildman–Crippen MR) is 83.2 cm³/mol. The van der Waals surface area contributed by atoms with Crippen LogP contribution in [0.15, 0.2) is 33.9 Å². The molecule has 6 heteroatoms. The third-order valence-electron chi connectivity index (χ3n) is 3.12. The van der Waals surface area contributed by atoms with Crippen molar-refractivity contribution in [1.82, 2.24) is 20.2 Å². The molecule has 2 N–H and O–H groups in total. The van der Waals surface area contributed by atoms with Crippen molar-refractivity contribution in [3.8, 4) is 0 Å². The Morgan fingerprint density at radius 1 is 1.29 bits per heavy atom. The summed E-state index contributed by atoms with van der Waals surface area (Å²) in [6.45, 7) is 8.86.